The number of nitrogens with one attached hydrogen (secondary N) is 1. The van der Waals surface area contributed by atoms with Gasteiger partial charge in [-0.1, -0.05) is 31.0 Å². The van der Waals surface area contributed by atoms with Crippen LogP contribution in [0.3, 0.4) is 0 Å². The van der Waals surface area contributed by atoms with Crippen LogP contribution in [0.25, 0.3) is 0 Å². The maximum absolute atomic E-state index is 11.7. The second kappa shape index (κ2) is 6.47. The van der Waals surface area contributed by atoms with Crippen molar-refractivity contribution in [3.63, 3.8) is 0 Å². The minimum atomic E-state index is -0.738. The Balaban J connectivity index is 2.22. The molecule has 0 bridgehead atoms. The maximum Gasteiger partial charge on any atom is 0.344 e. The summed E-state index contributed by atoms with van der Waals surface area (Å²) >= 11 is 1.43. The molecule has 1 aliphatic rings. The molecule has 1 aromatic heterocycles. The fourth-order valence-electron chi connectivity index (χ4n) is 2.66. The van der Waals surface area contributed by atoms with Crippen molar-refractivity contribution in [2.24, 2.45) is 5.92 Å². The molecule has 0 saturated heterocycles. The van der Waals surface area contributed by atoms with Gasteiger partial charge in [-0.05, 0) is 26.7 Å². The molecule has 0 aromatic carbocycles. The smallest absolute Gasteiger partial charge is 0.344 e. The molecular formula is C13H21N3O3S. The van der Waals surface area contributed by atoms with Crippen molar-refractivity contribution in [3.05, 3.63) is 10.5 Å². The zero-order chi connectivity index (χ0) is 14.7. The Labute approximate surface area is 122 Å². The van der Waals surface area contributed by atoms with Gasteiger partial charge in [0.05, 0.1) is 5.92 Å². The van der Waals surface area contributed by atoms with Crippen molar-refractivity contribution in [1.29, 1.82) is 0 Å². The Bertz CT molecular complexity index is 523. The van der Waals surface area contributed by atoms with Crippen LogP contribution < -0.4 is 5.69 Å². The van der Waals surface area contributed by atoms with E-state index in [-0.39, 0.29) is 22.9 Å². The summed E-state index contributed by atoms with van der Waals surface area (Å²) in [7, 11) is 0. The maximum atomic E-state index is 11.7. The van der Waals surface area contributed by atoms with Crippen LogP contribution in [-0.2, 0) is 4.79 Å². The summed E-state index contributed by atoms with van der Waals surface area (Å²) in [6, 6.07) is 0.0119. The highest BCUT2D eigenvalue weighted by atomic mass is 32.2. The highest BCUT2D eigenvalue weighted by molar-refractivity contribution is 7.99. The number of aliphatic carboxylic acids is 1. The Hall–Kier alpha value is -1.24. The Morgan fingerprint density at radius 3 is 2.75 bits per heavy atom. The van der Waals surface area contributed by atoms with Crippen molar-refractivity contribution in [2.75, 3.05) is 0 Å². The van der Waals surface area contributed by atoms with E-state index in [4.69, 9.17) is 0 Å². The van der Waals surface area contributed by atoms with Crippen LogP contribution in [0.4, 0.5) is 0 Å². The van der Waals surface area contributed by atoms with E-state index in [1.54, 1.807) is 4.57 Å². The van der Waals surface area contributed by atoms with E-state index in [1.807, 2.05) is 13.8 Å². The summed E-state index contributed by atoms with van der Waals surface area (Å²) < 4.78 is 1.59. The van der Waals surface area contributed by atoms with E-state index in [2.05, 4.69) is 10.2 Å². The number of carboxylic acid groups (broad SMARTS) is 1. The average molecular weight is 299 g/mol. The standard InChI is InChI=1S/C13H21N3O3S/c1-8(2)16-12(19)14-15-13(16)20-10-7-5-3-4-6-9(10)11(17)18/h8-10H,3-7H2,1-2H3,(H,14,19)(H,17,18). The molecule has 0 radical (unpaired) electrons. The predicted molar refractivity (Wildman–Crippen MR) is 77.1 cm³/mol. The number of carboxylic acids is 1. The molecular weight excluding hydrogens is 278 g/mol. The van der Waals surface area contributed by atoms with Gasteiger partial charge in [0, 0.05) is 11.3 Å². The molecule has 2 rings (SSSR count). The van der Waals surface area contributed by atoms with Gasteiger partial charge >= 0.3 is 11.7 Å². The predicted octanol–water partition coefficient (Wildman–Crippen LogP) is 2.28. The van der Waals surface area contributed by atoms with E-state index < -0.39 is 5.97 Å². The fraction of sp³-hybridized carbons (Fsp3) is 0.769. The minimum Gasteiger partial charge on any atom is -0.481 e. The lowest BCUT2D eigenvalue weighted by Crippen LogP contribution is -2.26. The van der Waals surface area contributed by atoms with Crippen molar-refractivity contribution >= 4 is 17.7 Å². The third-order valence-corrected chi connectivity index (χ3v) is 5.08. The number of hydrogen-bond donors (Lipinski definition) is 2. The molecule has 0 aliphatic heterocycles. The van der Waals surface area contributed by atoms with Gasteiger partial charge in [-0.15, -0.1) is 5.10 Å². The molecule has 1 aromatic rings. The van der Waals surface area contributed by atoms with E-state index in [0.29, 0.717) is 11.6 Å². The van der Waals surface area contributed by atoms with E-state index >= 15 is 0 Å². The highest BCUT2D eigenvalue weighted by Gasteiger charge is 2.31. The van der Waals surface area contributed by atoms with Crippen LogP contribution in [0, 0.1) is 5.92 Å². The second-order valence-corrected chi connectivity index (χ2v) is 6.72. The monoisotopic (exact) mass is 299 g/mol. The van der Waals surface area contributed by atoms with Crippen molar-refractivity contribution in [1.82, 2.24) is 14.8 Å². The summed E-state index contributed by atoms with van der Waals surface area (Å²) in [5, 5.41) is 16.5. The first kappa shape index (κ1) is 15.2. The average Bonchev–Trinajstić information content (AvgIpc) is 2.60. The SMILES string of the molecule is CC(C)n1c(SC2CCCCCC2C(=O)O)n[nH]c1=O. The molecule has 1 saturated carbocycles. The number of H-pyrrole nitrogens is 1. The topological polar surface area (TPSA) is 88.0 Å². The van der Waals surface area contributed by atoms with Crippen LogP contribution >= 0.6 is 11.8 Å². The number of aromatic nitrogens is 3. The van der Waals surface area contributed by atoms with Gasteiger partial charge in [-0.25, -0.2) is 9.89 Å². The van der Waals surface area contributed by atoms with Crippen molar-refractivity contribution in [2.45, 2.75) is 62.4 Å². The number of carbonyl (C=O) groups is 1. The van der Waals surface area contributed by atoms with Crippen LogP contribution in [0.1, 0.15) is 52.0 Å². The first-order chi connectivity index (χ1) is 9.50. The second-order valence-electron chi connectivity index (χ2n) is 5.51. The molecule has 1 fully saturated rings. The molecule has 1 aliphatic carbocycles. The summed E-state index contributed by atoms with van der Waals surface area (Å²) in [4.78, 5) is 23.1. The lowest BCUT2D eigenvalue weighted by molar-refractivity contribution is -0.141. The number of thioether (sulfide) groups is 1. The number of rotatable bonds is 4. The molecule has 2 unspecified atom stereocenters. The molecule has 20 heavy (non-hydrogen) atoms. The van der Waals surface area contributed by atoms with Gasteiger partial charge in [0.15, 0.2) is 5.16 Å². The summed E-state index contributed by atoms with van der Waals surface area (Å²) in [6.45, 7) is 3.84. The van der Waals surface area contributed by atoms with Crippen LogP contribution in [0.2, 0.25) is 0 Å². The third kappa shape index (κ3) is 3.26. The Morgan fingerprint density at radius 1 is 1.40 bits per heavy atom. The van der Waals surface area contributed by atoms with Crippen LogP contribution in [-0.4, -0.2) is 31.1 Å². The fourth-order valence-corrected chi connectivity index (χ4v) is 4.14. The quantitative estimate of drug-likeness (QED) is 0.833. The zero-order valence-electron chi connectivity index (χ0n) is 11.8. The number of aromatic amines is 1. The van der Waals surface area contributed by atoms with Crippen LogP contribution in [0.5, 0.6) is 0 Å². The number of hydrogen-bond acceptors (Lipinski definition) is 4. The lowest BCUT2D eigenvalue weighted by Gasteiger charge is -2.21. The minimum absolute atomic E-state index is 0.0114. The van der Waals surface area contributed by atoms with Crippen LogP contribution in [0.15, 0.2) is 9.95 Å². The van der Waals surface area contributed by atoms with E-state index in [1.165, 1.54) is 11.8 Å². The normalized spacial score (nSPS) is 23.8. The van der Waals surface area contributed by atoms with Gasteiger partial charge in [0.25, 0.3) is 0 Å². The van der Waals surface area contributed by atoms with Crippen molar-refractivity contribution in [3.8, 4) is 0 Å². The molecule has 1 heterocycles. The number of nitrogens with zero attached hydrogens (tertiary/aromatic N) is 2. The molecule has 7 heteroatoms. The molecule has 2 atom stereocenters. The van der Waals surface area contributed by atoms with E-state index in [9.17, 15) is 14.7 Å². The summed E-state index contributed by atoms with van der Waals surface area (Å²) in [5.74, 6) is -1.09. The molecule has 0 spiro atoms. The van der Waals surface area contributed by atoms with Gasteiger partial charge in [0.1, 0.15) is 0 Å². The largest absolute Gasteiger partial charge is 0.481 e. The Morgan fingerprint density at radius 2 is 2.10 bits per heavy atom. The van der Waals surface area contributed by atoms with Gasteiger partial charge in [-0.2, -0.15) is 0 Å². The van der Waals surface area contributed by atoms with E-state index in [0.717, 1.165) is 25.7 Å². The summed E-state index contributed by atoms with van der Waals surface area (Å²) in [6.07, 6.45) is 4.66. The third-order valence-electron chi connectivity index (χ3n) is 3.72. The summed E-state index contributed by atoms with van der Waals surface area (Å²) in [5.41, 5.74) is -0.233. The molecule has 112 valence electrons. The molecule has 2 N–H and O–H groups in total. The molecule has 0 amide bonds. The lowest BCUT2D eigenvalue weighted by atomic mass is 10.0. The Kier molecular flexibility index (Phi) is 4.91. The van der Waals surface area contributed by atoms with Gasteiger partial charge in [-0.3, -0.25) is 9.36 Å². The zero-order valence-corrected chi connectivity index (χ0v) is 12.7. The molecule has 6 nitrogen and oxygen atoms in total. The highest BCUT2D eigenvalue weighted by Crippen LogP contribution is 2.36. The first-order valence-corrected chi connectivity index (χ1v) is 7.95. The van der Waals surface area contributed by atoms with Crippen molar-refractivity contribution < 1.29 is 9.90 Å². The van der Waals surface area contributed by atoms with Gasteiger partial charge < -0.3 is 5.11 Å². The first-order valence-electron chi connectivity index (χ1n) is 7.07. The van der Waals surface area contributed by atoms with Gasteiger partial charge in [0.2, 0.25) is 0 Å².